The number of esters is 2. The van der Waals surface area contributed by atoms with E-state index in [-0.39, 0.29) is 114 Å². The number of hydrogen-bond acceptors (Lipinski definition) is 18. The Labute approximate surface area is 310 Å². The predicted octanol–water partition coefficient (Wildman–Crippen LogP) is -1.25. The zero-order chi connectivity index (χ0) is 36.8. The van der Waals surface area contributed by atoms with Crippen molar-refractivity contribution in [3.63, 3.8) is 0 Å². The van der Waals surface area contributed by atoms with Crippen molar-refractivity contribution < 1.29 is 75.9 Å². The Morgan fingerprint density at radius 1 is 0.509 bits per heavy atom. The molecule has 6 heterocycles. The lowest BCUT2D eigenvalue weighted by Gasteiger charge is -2.32. The molecular weight excluding hydrogens is 704 g/mol. The summed E-state index contributed by atoms with van der Waals surface area (Å²) in [6, 6.07) is 0. The van der Waals surface area contributed by atoms with Crippen LogP contribution in [0.1, 0.15) is 12.8 Å². The van der Waals surface area contributed by atoms with E-state index in [1.54, 1.807) is 12.1 Å². The van der Waals surface area contributed by atoms with Gasteiger partial charge in [-0.15, -0.1) is 0 Å². The molecule has 0 radical (unpaired) electrons. The van der Waals surface area contributed by atoms with Crippen LogP contribution in [0.3, 0.4) is 0 Å². The van der Waals surface area contributed by atoms with E-state index >= 15 is 0 Å². The molecule has 6 fully saturated rings. The Bertz CT molecular complexity index is 1000. The van der Waals surface area contributed by atoms with E-state index in [1.807, 2.05) is 0 Å². The summed E-state index contributed by atoms with van der Waals surface area (Å²) in [6.45, 7) is 9.31. The maximum Gasteiger partial charge on any atom is 0.307 e. The summed E-state index contributed by atoms with van der Waals surface area (Å²) < 4.78 is 78.9. The van der Waals surface area contributed by atoms with E-state index < -0.39 is 10.8 Å². The van der Waals surface area contributed by atoms with Gasteiger partial charge in [0.15, 0.2) is 0 Å². The van der Waals surface area contributed by atoms with Gasteiger partial charge in [0.25, 0.3) is 0 Å². The smallest absolute Gasteiger partial charge is 0.307 e. The number of hydrogen-bond donors (Lipinski definition) is 1. The van der Waals surface area contributed by atoms with Crippen LogP contribution in [0.4, 0.5) is 0 Å². The highest BCUT2D eigenvalue weighted by atomic mass is 16.6. The van der Waals surface area contributed by atoms with Gasteiger partial charge in [-0.05, 0) is 0 Å². The molecule has 18 nitrogen and oxygen atoms in total. The first-order valence-electron chi connectivity index (χ1n) is 18.8. The van der Waals surface area contributed by atoms with Crippen molar-refractivity contribution in [2.45, 2.75) is 49.5 Å². The summed E-state index contributed by atoms with van der Waals surface area (Å²) in [5.41, 5.74) is 1.74. The second-order valence-electron chi connectivity index (χ2n) is 15.0. The molecule has 0 aromatic carbocycles. The number of hydrazine groups is 1. The Hall–Kier alpha value is -1.62. The Balaban J connectivity index is 0.891. The van der Waals surface area contributed by atoms with E-state index in [4.69, 9.17) is 66.3 Å². The summed E-state index contributed by atoms with van der Waals surface area (Å²) in [4.78, 5) is 25.7. The van der Waals surface area contributed by atoms with Gasteiger partial charge in [0.05, 0.1) is 143 Å². The molecule has 6 rings (SSSR count). The molecule has 6 aliphatic rings. The molecule has 0 aliphatic carbocycles. The number of carbonyl (C=O) groups excluding carboxylic acids is 2. The first-order valence-corrected chi connectivity index (χ1v) is 18.8. The number of ether oxygens (including phenoxy) is 14. The minimum Gasteiger partial charge on any atom is -0.465 e. The van der Waals surface area contributed by atoms with Gasteiger partial charge in [0.2, 0.25) is 0 Å². The third-order valence-electron chi connectivity index (χ3n) is 9.13. The highest BCUT2D eigenvalue weighted by Crippen LogP contribution is 2.26. The Kier molecular flexibility index (Phi) is 16.3. The van der Waals surface area contributed by atoms with Crippen LogP contribution in [0.15, 0.2) is 0 Å². The molecule has 0 amide bonds. The largest absolute Gasteiger partial charge is 0.465 e. The van der Waals surface area contributed by atoms with Crippen LogP contribution in [0.25, 0.3) is 0 Å². The van der Waals surface area contributed by atoms with E-state index in [1.165, 1.54) is 0 Å². The molecule has 6 aliphatic heterocycles. The molecule has 0 aromatic rings. The van der Waals surface area contributed by atoms with Gasteiger partial charge in [0.1, 0.15) is 49.8 Å². The second kappa shape index (κ2) is 21.1. The number of nitrogens with one attached hydrogen (secondary N) is 1. The lowest BCUT2D eigenvalue weighted by atomic mass is 9.92. The molecule has 18 heteroatoms. The average Bonchev–Trinajstić information content (AvgIpc) is 3.93. The van der Waals surface area contributed by atoms with Crippen molar-refractivity contribution in [2.75, 3.05) is 152 Å². The maximum absolute atomic E-state index is 12.9. The van der Waals surface area contributed by atoms with Crippen molar-refractivity contribution in [2.24, 2.45) is 10.8 Å². The molecule has 6 unspecified atom stereocenters. The van der Waals surface area contributed by atoms with Gasteiger partial charge in [-0.2, -0.15) is 0 Å². The van der Waals surface area contributed by atoms with Crippen LogP contribution in [-0.4, -0.2) is 206 Å². The number of epoxide rings is 6. The molecule has 6 saturated heterocycles. The third kappa shape index (κ3) is 17.8. The zero-order valence-corrected chi connectivity index (χ0v) is 30.9. The van der Waals surface area contributed by atoms with Gasteiger partial charge in [-0.25, -0.2) is 5.01 Å². The molecule has 0 spiro atoms. The molecule has 1 N–H and O–H groups in total. The third-order valence-corrected chi connectivity index (χ3v) is 9.13. The zero-order valence-electron chi connectivity index (χ0n) is 30.9. The van der Waals surface area contributed by atoms with E-state index in [9.17, 15) is 9.59 Å². The van der Waals surface area contributed by atoms with Crippen molar-refractivity contribution in [1.82, 2.24) is 10.4 Å². The van der Waals surface area contributed by atoms with Crippen LogP contribution >= 0.6 is 0 Å². The quantitative estimate of drug-likeness (QED) is 0.0456. The summed E-state index contributed by atoms with van der Waals surface area (Å²) in [6.07, 6.45) is 0.830. The fourth-order valence-electron chi connectivity index (χ4n) is 5.23. The van der Waals surface area contributed by atoms with Crippen molar-refractivity contribution in [1.29, 1.82) is 0 Å². The van der Waals surface area contributed by atoms with Gasteiger partial charge < -0.3 is 66.3 Å². The fourth-order valence-corrected chi connectivity index (χ4v) is 5.23. The maximum atomic E-state index is 12.9. The minimum atomic E-state index is -0.705. The van der Waals surface area contributed by atoms with Gasteiger partial charge in [-0.1, -0.05) is 0 Å². The number of nitrogens with zero attached hydrogens (tertiary/aromatic N) is 1. The number of carbonyl (C=O) groups is 2. The summed E-state index contributed by atoms with van der Waals surface area (Å²) in [5.74, 6) is -0.754. The van der Waals surface area contributed by atoms with Crippen molar-refractivity contribution >= 4 is 11.9 Å². The van der Waals surface area contributed by atoms with E-state index in [0.717, 1.165) is 0 Å². The molecule has 304 valence electrons. The minimum absolute atomic E-state index is 0.0653. The van der Waals surface area contributed by atoms with Gasteiger partial charge in [-0.3, -0.25) is 15.0 Å². The normalized spacial score (nSPS) is 28.6. The van der Waals surface area contributed by atoms with Crippen LogP contribution in [-0.2, 0) is 75.9 Å². The summed E-state index contributed by atoms with van der Waals surface area (Å²) in [5, 5.41) is 1.75. The van der Waals surface area contributed by atoms with Gasteiger partial charge in [0, 0.05) is 20.1 Å². The standard InChI is InChI=1S/C35H58N2O16/c1-37(5-3-33(39)53-25-35(21-43-9-29-15-49-29,22-44-10-30-16-50-30)23-45-11-31-17-51-31)36-4-2-32(38)52-24-34(18-40-6-26-12-46-26,19-41-7-27-13-47-27)20-42-8-28-14-48-28/h26-31,36H,2-25H2,1H3. The number of rotatable bonds is 35. The Morgan fingerprint density at radius 2 is 0.792 bits per heavy atom. The second-order valence-corrected chi connectivity index (χ2v) is 15.0. The lowest BCUT2D eigenvalue weighted by Crippen LogP contribution is -2.44. The highest BCUT2D eigenvalue weighted by molar-refractivity contribution is 5.70. The predicted molar refractivity (Wildman–Crippen MR) is 180 cm³/mol. The fraction of sp³-hybridized carbons (Fsp3) is 0.943. The van der Waals surface area contributed by atoms with Crippen LogP contribution in [0.2, 0.25) is 0 Å². The first kappa shape index (κ1) is 41.0. The lowest BCUT2D eigenvalue weighted by molar-refractivity contribution is -0.158. The monoisotopic (exact) mass is 762 g/mol. The average molecular weight is 763 g/mol. The van der Waals surface area contributed by atoms with Crippen LogP contribution in [0.5, 0.6) is 0 Å². The van der Waals surface area contributed by atoms with Crippen molar-refractivity contribution in [3.8, 4) is 0 Å². The Morgan fingerprint density at radius 3 is 1.08 bits per heavy atom. The summed E-state index contributed by atoms with van der Waals surface area (Å²) in [7, 11) is 1.80. The topological polar surface area (TPSA) is 198 Å². The molecule has 6 atom stereocenters. The van der Waals surface area contributed by atoms with E-state index in [0.29, 0.717) is 92.4 Å². The van der Waals surface area contributed by atoms with Gasteiger partial charge >= 0.3 is 11.9 Å². The SMILES string of the molecule is CN(CCC(=O)OCC(COCC1CO1)(COCC1CO1)COCC1CO1)NCCC(=O)OCC(COCC1CO1)(COCC1CO1)COCC1CO1. The first-order chi connectivity index (χ1) is 25.9. The molecular formula is C35H58N2O16. The molecule has 0 bridgehead atoms. The van der Waals surface area contributed by atoms with Crippen molar-refractivity contribution in [3.05, 3.63) is 0 Å². The summed E-state index contributed by atoms with van der Waals surface area (Å²) >= 11 is 0. The molecule has 0 saturated carbocycles. The van der Waals surface area contributed by atoms with Crippen LogP contribution in [0, 0.1) is 10.8 Å². The van der Waals surface area contributed by atoms with E-state index in [2.05, 4.69) is 5.43 Å². The van der Waals surface area contributed by atoms with Crippen LogP contribution < -0.4 is 5.43 Å². The molecule has 0 aromatic heterocycles. The molecule has 53 heavy (non-hydrogen) atoms. The highest BCUT2D eigenvalue weighted by Gasteiger charge is 2.39.